The lowest BCUT2D eigenvalue weighted by atomic mass is 9.93. The highest BCUT2D eigenvalue weighted by molar-refractivity contribution is 7.12. The van der Waals surface area contributed by atoms with E-state index >= 15 is 0 Å². The molecule has 3 nitrogen and oxygen atoms in total. The molecule has 0 bridgehead atoms. The van der Waals surface area contributed by atoms with Gasteiger partial charge in [-0.25, -0.2) is 14.2 Å². The second-order valence-electron chi connectivity index (χ2n) is 4.42. The third kappa shape index (κ3) is 2.53. The van der Waals surface area contributed by atoms with Gasteiger partial charge in [0.25, 0.3) is 0 Å². The Kier molecular flexibility index (Phi) is 3.13. The van der Waals surface area contributed by atoms with E-state index in [0.717, 1.165) is 16.2 Å². The number of hydrogen-bond acceptors (Lipinski definition) is 3. The molecule has 0 saturated heterocycles. The first-order chi connectivity index (χ1) is 6.73. The zero-order valence-corrected chi connectivity index (χ0v) is 9.98. The van der Waals surface area contributed by atoms with Gasteiger partial charge in [0.1, 0.15) is 5.01 Å². The van der Waals surface area contributed by atoms with Gasteiger partial charge in [0.15, 0.2) is 0 Å². The smallest absolute Gasteiger partial charge is 0.345 e. The maximum absolute atomic E-state index is 13.2. The summed E-state index contributed by atoms with van der Waals surface area (Å²) in [6, 6.07) is 0. The highest BCUT2D eigenvalue weighted by Gasteiger charge is 2.27. The van der Waals surface area contributed by atoms with Gasteiger partial charge in [0, 0.05) is 4.88 Å². The van der Waals surface area contributed by atoms with E-state index in [0.29, 0.717) is 5.69 Å². The lowest BCUT2D eigenvalue weighted by Crippen LogP contribution is -2.10. The van der Waals surface area contributed by atoms with Crippen LogP contribution in [0.15, 0.2) is 0 Å². The zero-order valence-electron chi connectivity index (χ0n) is 9.17. The van der Waals surface area contributed by atoms with Crippen LogP contribution in [0.3, 0.4) is 0 Å². The number of thiazole rings is 1. The average Bonchev–Trinajstić information content (AvgIpc) is 2.44. The Bertz CT molecular complexity index is 381. The Hall–Kier alpha value is -0.970. The summed E-state index contributed by atoms with van der Waals surface area (Å²) in [5.74, 6) is -1.48. The van der Waals surface area contributed by atoms with Crippen molar-refractivity contribution < 1.29 is 14.3 Å². The molecule has 1 heterocycles. The molecule has 15 heavy (non-hydrogen) atoms. The highest BCUT2D eigenvalue weighted by Crippen LogP contribution is 2.34. The molecule has 1 aromatic rings. The number of halogens is 1. The van der Waals surface area contributed by atoms with Crippen LogP contribution in [0.5, 0.6) is 0 Å². The van der Waals surface area contributed by atoms with Crippen molar-refractivity contribution in [3.63, 3.8) is 0 Å². The van der Waals surface area contributed by atoms with Crippen LogP contribution < -0.4 is 0 Å². The van der Waals surface area contributed by atoms with Gasteiger partial charge in [-0.2, -0.15) is 0 Å². The fourth-order valence-corrected chi connectivity index (χ4v) is 2.42. The fourth-order valence-electron chi connectivity index (χ4n) is 1.33. The van der Waals surface area contributed by atoms with Crippen molar-refractivity contribution in [2.24, 2.45) is 0 Å². The number of nitrogens with zero attached hydrogens (tertiary/aromatic N) is 1. The maximum Gasteiger partial charge on any atom is 0.345 e. The van der Waals surface area contributed by atoms with Crippen LogP contribution in [0.1, 0.15) is 42.5 Å². The van der Waals surface area contributed by atoms with Crippen LogP contribution in [-0.4, -0.2) is 16.1 Å². The summed E-state index contributed by atoms with van der Waals surface area (Å²) in [5.41, 5.74) is 0.587. The number of carbonyl (C=O) groups is 1. The van der Waals surface area contributed by atoms with Gasteiger partial charge in [0.05, 0.1) is 5.69 Å². The summed E-state index contributed by atoms with van der Waals surface area (Å²) in [6.07, 6.45) is -2.01. The van der Waals surface area contributed by atoms with E-state index in [-0.39, 0.29) is 10.4 Å². The second-order valence-corrected chi connectivity index (χ2v) is 5.45. The quantitative estimate of drug-likeness (QED) is 0.851. The SMILES string of the molecule is Cc1nc(C(F)C(=O)O)sc1C(C)(C)C. The van der Waals surface area contributed by atoms with Crippen LogP contribution in [0.25, 0.3) is 0 Å². The first-order valence-corrected chi connectivity index (χ1v) is 5.40. The lowest BCUT2D eigenvalue weighted by Gasteiger charge is -2.16. The fraction of sp³-hybridized carbons (Fsp3) is 0.600. The van der Waals surface area contributed by atoms with Crippen molar-refractivity contribution in [2.75, 3.05) is 0 Å². The molecule has 0 aliphatic rings. The van der Waals surface area contributed by atoms with E-state index in [9.17, 15) is 9.18 Å². The molecule has 0 saturated carbocycles. The maximum atomic E-state index is 13.2. The van der Waals surface area contributed by atoms with Gasteiger partial charge < -0.3 is 5.11 Å². The van der Waals surface area contributed by atoms with Gasteiger partial charge >= 0.3 is 5.97 Å². The molecule has 1 N–H and O–H groups in total. The molecule has 1 atom stereocenters. The molecule has 0 radical (unpaired) electrons. The van der Waals surface area contributed by atoms with E-state index in [2.05, 4.69) is 4.98 Å². The number of aliphatic carboxylic acids is 1. The Balaban J connectivity index is 3.11. The predicted octanol–water partition coefficient (Wildman–Crippen LogP) is 2.84. The molecule has 1 unspecified atom stereocenters. The van der Waals surface area contributed by atoms with Gasteiger partial charge in [-0.05, 0) is 12.3 Å². The minimum absolute atomic E-state index is 0.0323. The molecule has 0 aliphatic carbocycles. The molecule has 1 aromatic heterocycles. The molecule has 0 amide bonds. The topological polar surface area (TPSA) is 50.2 Å². The van der Waals surface area contributed by atoms with Gasteiger partial charge in [-0.1, -0.05) is 20.8 Å². The largest absolute Gasteiger partial charge is 0.479 e. The number of carboxylic acid groups (broad SMARTS) is 1. The summed E-state index contributed by atoms with van der Waals surface area (Å²) >= 11 is 1.14. The normalized spacial score (nSPS) is 13.9. The van der Waals surface area contributed by atoms with Gasteiger partial charge in [-0.3, -0.25) is 0 Å². The molecule has 0 spiro atoms. The lowest BCUT2D eigenvalue weighted by molar-refractivity contribution is -0.143. The monoisotopic (exact) mass is 231 g/mol. The minimum atomic E-state index is -2.01. The molecule has 0 aromatic carbocycles. The van der Waals surface area contributed by atoms with Crippen molar-refractivity contribution in [3.8, 4) is 0 Å². The number of aryl methyl sites for hydroxylation is 1. The summed E-state index contributed by atoms with van der Waals surface area (Å²) in [5, 5.41) is 8.56. The van der Waals surface area contributed by atoms with Crippen LogP contribution in [-0.2, 0) is 10.2 Å². The van der Waals surface area contributed by atoms with E-state index in [4.69, 9.17) is 5.11 Å². The number of hydrogen-bond donors (Lipinski definition) is 1. The van der Waals surface area contributed by atoms with Crippen molar-refractivity contribution in [3.05, 3.63) is 15.6 Å². The van der Waals surface area contributed by atoms with Crippen molar-refractivity contribution >= 4 is 17.3 Å². The molecule has 5 heteroatoms. The Morgan fingerprint density at radius 3 is 2.40 bits per heavy atom. The van der Waals surface area contributed by atoms with Gasteiger partial charge in [-0.15, -0.1) is 11.3 Å². The third-order valence-electron chi connectivity index (χ3n) is 1.93. The van der Waals surface area contributed by atoms with Crippen LogP contribution in [0.2, 0.25) is 0 Å². The highest BCUT2D eigenvalue weighted by atomic mass is 32.1. The van der Waals surface area contributed by atoms with Crippen molar-refractivity contribution in [1.82, 2.24) is 4.98 Å². The summed E-state index contributed by atoms with van der Waals surface area (Å²) < 4.78 is 13.2. The average molecular weight is 231 g/mol. The summed E-state index contributed by atoms with van der Waals surface area (Å²) in [7, 11) is 0. The van der Waals surface area contributed by atoms with Gasteiger partial charge in [0.2, 0.25) is 6.17 Å². The summed E-state index contributed by atoms with van der Waals surface area (Å²) in [4.78, 5) is 15.4. The molecular weight excluding hydrogens is 217 g/mol. The minimum Gasteiger partial charge on any atom is -0.479 e. The number of aromatic nitrogens is 1. The van der Waals surface area contributed by atoms with Crippen LogP contribution in [0.4, 0.5) is 4.39 Å². The van der Waals surface area contributed by atoms with Crippen LogP contribution >= 0.6 is 11.3 Å². The van der Waals surface area contributed by atoms with E-state index in [1.165, 1.54) is 0 Å². The first kappa shape index (κ1) is 12.1. The molecule has 84 valence electrons. The third-order valence-corrected chi connectivity index (χ3v) is 3.55. The Labute approximate surface area is 92.0 Å². The Morgan fingerprint density at radius 1 is 1.53 bits per heavy atom. The zero-order chi connectivity index (χ0) is 11.8. The van der Waals surface area contributed by atoms with E-state index in [1.54, 1.807) is 6.92 Å². The van der Waals surface area contributed by atoms with Crippen molar-refractivity contribution in [2.45, 2.75) is 39.3 Å². The van der Waals surface area contributed by atoms with Crippen LogP contribution in [0, 0.1) is 6.92 Å². The number of alkyl halides is 1. The molecule has 1 rings (SSSR count). The number of carboxylic acids is 1. The first-order valence-electron chi connectivity index (χ1n) is 4.58. The Morgan fingerprint density at radius 2 is 2.07 bits per heavy atom. The second kappa shape index (κ2) is 3.89. The standard InChI is InChI=1S/C10H14FNO2S/c1-5-7(10(2,3)4)15-8(12-5)6(11)9(13)14/h6H,1-4H3,(H,13,14). The van der Waals surface area contributed by atoms with E-state index in [1.807, 2.05) is 20.8 Å². The van der Waals surface area contributed by atoms with E-state index < -0.39 is 12.1 Å². The summed E-state index contributed by atoms with van der Waals surface area (Å²) in [6.45, 7) is 7.75. The molecule has 0 fully saturated rings. The predicted molar refractivity (Wildman–Crippen MR) is 57.0 cm³/mol. The molecular formula is C10H14FNO2S. The van der Waals surface area contributed by atoms with Crippen molar-refractivity contribution in [1.29, 1.82) is 0 Å². The number of rotatable bonds is 2. The molecule has 0 aliphatic heterocycles.